The second kappa shape index (κ2) is 6.76. The van der Waals surface area contributed by atoms with E-state index >= 15 is 0 Å². The Kier molecular flexibility index (Phi) is 3.91. The summed E-state index contributed by atoms with van der Waals surface area (Å²) < 4.78 is 0. The van der Waals surface area contributed by atoms with Crippen molar-refractivity contribution >= 4 is 0 Å². The fourth-order valence-electron chi connectivity index (χ4n) is 5.72. The predicted molar refractivity (Wildman–Crippen MR) is 112 cm³/mol. The quantitative estimate of drug-likeness (QED) is 0.512. The lowest BCUT2D eigenvalue weighted by Gasteiger charge is -2.47. The minimum atomic E-state index is -0.374. The number of hydrogen-bond acceptors (Lipinski definition) is 6. The van der Waals surface area contributed by atoms with Crippen LogP contribution in [0, 0.1) is 0 Å². The standard InChI is InChI=1S/C24H20N6/c1-2-5-17-16(4-1)22-23(28-13-12-27-22)24(17)18(20-8-10-25-14-29-20)6-3-7-19(24)21-9-11-26-15-30-21/h1-2,4-5,8-15,18-19H,3,6-7H2/t18-,19-/m0/s1. The van der Waals surface area contributed by atoms with Crippen LogP contribution in [-0.2, 0) is 5.41 Å². The Hall–Kier alpha value is -3.54. The Bertz CT molecular complexity index is 1100. The molecule has 0 amide bonds. The van der Waals surface area contributed by atoms with Crippen LogP contribution in [0.15, 0.2) is 73.8 Å². The smallest absolute Gasteiger partial charge is 0.115 e. The second-order valence-electron chi connectivity index (χ2n) is 7.97. The van der Waals surface area contributed by atoms with Gasteiger partial charge in [-0.2, -0.15) is 0 Å². The summed E-state index contributed by atoms with van der Waals surface area (Å²) >= 11 is 0. The molecule has 6 heteroatoms. The topological polar surface area (TPSA) is 77.3 Å². The number of hydrogen-bond donors (Lipinski definition) is 0. The molecule has 2 aliphatic carbocycles. The SMILES string of the molecule is c1ccc2c(c1)-c1nccnc1C21[C@H](c2ccncn2)CCC[C@H]1c1ccncn1. The maximum absolute atomic E-state index is 4.95. The Labute approximate surface area is 174 Å². The van der Waals surface area contributed by atoms with Gasteiger partial charge in [0.2, 0.25) is 0 Å². The highest BCUT2D eigenvalue weighted by Crippen LogP contribution is 2.64. The molecule has 30 heavy (non-hydrogen) atoms. The molecule has 3 aromatic heterocycles. The van der Waals surface area contributed by atoms with Gasteiger partial charge in [0.05, 0.1) is 16.8 Å². The minimum Gasteiger partial charge on any atom is -0.256 e. The van der Waals surface area contributed by atoms with E-state index in [9.17, 15) is 0 Å². The minimum absolute atomic E-state index is 0.160. The summed E-state index contributed by atoms with van der Waals surface area (Å²) in [6.07, 6.45) is 13.7. The predicted octanol–water partition coefficient (Wildman–Crippen LogP) is 4.07. The van der Waals surface area contributed by atoms with Crippen molar-refractivity contribution in [2.45, 2.75) is 36.5 Å². The summed E-state index contributed by atoms with van der Waals surface area (Å²) in [6, 6.07) is 12.7. The summed E-state index contributed by atoms with van der Waals surface area (Å²) in [5.41, 5.74) is 6.19. The van der Waals surface area contributed by atoms with Crippen molar-refractivity contribution < 1.29 is 0 Å². The van der Waals surface area contributed by atoms with Crippen molar-refractivity contribution in [3.8, 4) is 11.3 Å². The summed E-state index contributed by atoms with van der Waals surface area (Å²) in [5.74, 6) is 0.321. The maximum atomic E-state index is 4.95. The van der Waals surface area contributed by atoms with Crippen molar-refractivity contribution in [3.63, 3.8) is 0 Å². The molecule has 0 radical (unpaired) electrons. The van der Waals surface area contributed by atoms with Gasteiger partial charge in [-0.15, -0.1) is 0 Å². The van der Waals surface area contributed by atoms with Crippen molar-refractivity contribution in [2.24, 2.45) is 0 Å². The van der Waals surface area contributed by atoms with Gasteiger partial charge in [-0.3, -0.25) is 9.97 Å². The Morgan fingerprint density at radius 2 is 1.37 bits per heavy atom. The average Bonchev–Trinajstić information content (AvgIpc) is 3.12. The average molecular weight is 392 g/mol. The summed E-state index contributed by atoms with van der Waals surface area (Å²) in [7, 11) is 0. The normalized spacial score (nSPS) is 21.2. The summed E-state index contributed by atoms with van der Waals surface area (Å²) in [6.45, 7) is 0. The number of nitrogens with zero attached hydrogens (tertiary/aromatic N) is 6. The molecule has 1 spiro atoms. The van der Waals surface area contributed by atoms with E-state index in [0.29, 0.717) is 0 Å². The van der Waals surface area contributed by atoms with Gasteiger partial charge in [0, 0.05) is 53.6 Å². The number of benzene rings is 1. The van der Waals surface area contributed by atoms with Gasteiger partial charge >= 0.3 is 0 Å². The summed E-state index contributed by atoms with van der Waals surface area (Å²) in [4.78, 5) is 27.5. The zero-order chi connectivity index (χ0) is 20.0. The third-order valence-electron chi connectivity index (χ3n) is 6.73. The molecule has 1 fully saturated rings. The molecule has 1 aromatic carbocycles. The van der Waals surface area contributed by atoms with Gasteiger partial charge in [0.15, 0.2) is 0 Å². The van der Waals surface area contributed by atoms with Crippen LogP contribution in [0.1, 0.15) is 53.7 Å². The molecule has 6 rings (SSSR count). The molecule has 1 saturated carbocycles. The van der Waals surface area contributed by atoms with Crippen LogP contribution in [0.2, 0.25) is 0 Å². The third kappa shape index (κ3) is 2.30. The molecular formula is C24H20N6. The highest BCUT2D eigenvalue weighted by molar-refractivity contribution is 5.78. The van der Waals surface area contributed by atoms with E-state index in [1.807, 2.05) is 30.7 Å². The Morgan fingerprint density at radius 3 is 2.03 bits per heavy atom. The van der Waals surface area contributed by atoms with Gasteiger partial charge < -0.3 is 0 Å². The van der Waals surface area contributed by atoms with Gasteiger partial charge in [-0.1, -0.05) is 30.7 Å². The van der Waals surface area contributed by atoms with E-state index in [1.165, 1.54) is 11.1 Å². The van der Waals surface area contributed by atoms with Crippen LogP contribution in [0.4, 0.5) is 0 Å². The fourth-order valence-corrected chi connectivity index (χ4v) is 5.72. The Balaban J connectivity index is 1.71. The zero-order valence-electron chi connectivity index (χ0n) is 16.4. The third-order valence-corrected chi connectivity index (χ3v) is 6.73. The number of aromatic nitrogens is 6. The molecule has 2 atom stereocenters. The van der Waals surface area contributed by atoms with E-state index in [-0.39, 0.29) is 17.3 Å². The van der Waals surface area contributed by atoms with Crippen LogP contribution in [0.5, 0.6) is 0 Å². The molecular weight excluding hydrogens is 372 g/mol. The molecule has 0 aliphatic heterocycles. The van der Waals surface area contributed by atoms with Gasteiger partial charge in [0.1, 0.15) is 12.7 Å². The molecule has 146 valence electrons. The van der Waals surface area contributed by atoms with Crippen LogP contribution in [-0.4, -0.2) is 29.9 Å². The van der Waals surface area contributed by atoms with Gasteiger partial charge in [0.25, 0.3) is 0 Å². The van der Waals surface area contributed by atoms with E-state index in [4.69, 9.17) is 19.9 Å². The zero-order valence-corrected chi connectivity index (χ0v) is 16.4. The first-order valence-corrected chi connectivity index (χ1v) is 10.3. The molecule has 6 nitrogen and oxygen atoms in total. The lowest BCUT2D eigenvalue weighted by Crippen LogP contribution is -2.43. The molecule has 0 saturated heterocycles. The summed E-state index contributed by atoms with van der Waals surface area (Å²) in [5, 5.41) is 0. The molecule has 3 heterocycles. The maximum Gasteiger partial charge on any atom is 0.115 e. The molecule has 0 N–H and O–H groups in total. The van der Waals surface area contributed by atoms with E-state index in [2.05, 4.69) is 34.2 Å². The first-order valence-electron chi connectivity index (χ1n) is 10.3. The lowest BCUT2D eigenvalue weighted by atomic mass is 9.55. The number of fused-ring (bicyclic) bond motifs is 5. The van der Waals surface area contributed by atoms with Crippen molar-refractivity contribution in [1.82, 2.24) is 29.9 Å². The van der Waals surface area contributed by atoms with Crippen LogP contribution < -0.4 is 0 Å². The highest BCUT2D eigenvalue weighted by atomic mass is 14.9. The number of rotatable bonds is 2. The lowest BCUT2D eigenvalue weighted by molar-refractivity contribution is 0.243. The van der Waals surface area contributed by atoms with Crippen molar-refractivity contribution in [3.05, 3.63) is 96.5 Å². The van der Waals surface area contributed by atoms with Crippen LogP contribution in [0.3, 0.4) is 0 Å². The van der Waals surface area contributed by atoms with Crippen LogP contribution in [0.25, 0.3) is 11.3 Å². The van der Waals surface area contributed by atoms with Gasteiger partial charge in [-0.25, -0.2) is 19.9 Å². The monoisotopic (exact) mass is 392 g/mol. The van der Waals surface area contributed by atoms with Crippen LogP contribution >= 0.6 is 0 Å². The largest absolute Gasteiger partial charge is 0.256 e. The van der Waals surface area contributed by atoms with Gasteiger partial charge in [-0.05, 0) is 30.5 Å². The first-order chi connectivity index (χ1) is 14.9. The molecule has 4 aromatic rings. The van der Waals surface area contributed by atoms with E-state index < -0.39 is 0 Å². The fraction of sp³-hybridized carbons (Fsp3) is 0.250. The molecule has 2 aliphatic rings. The van der Waals surface area contributed by atoms with Crippen molar-refractivity contribution in [2.75, 3.05) is 0 Å². The first kappa shape index (κ1) is 17.3. The molecule has 0 unspecified atom stereocenters. The van der Waals surface area contributed by atoms with E-state index in [0.717, 1.165) is 42.0 Å². The Morgan fingerprint density at radius 1 is 0.700 bits per heavy atom. The van der Waals surface area contributed by atoms with E-state index in [1.54, 1.807) is 18.9 Å². The van der Waals surface area contributed by atoms with Crippen molar-refractivity contribution in [1.29, 1.82) is 0 Å². The molecule has 0 bridgehead atoms. The second-order valence-corrected chi connectivity index (χ2v) is 7.97. The highest BCUT2D eigenvalue weighted by Gasteiger charge is 2.58.